The number of rotatable bonds is 1. The quantitative estimate of drug-likeness (QED) is 0.867. The largest absolute Gasteiger partial charge is 0.368 e. The SMILES string of the molecule is Cc1cc(N2CCNCC2)c2ccc(Cl)c(C)c2n1. The number of nitrogens with zero attached hydrogens (tertiary/aromatic N) is 2. The number of hydrogen-bond acceptors (Lipinski definition) is 3. The number of halogens is 1. The topological polar surface area (TPSA) is 28.2 Å². The Labute approximate surface area is 118 Å². The van der Waals surface area contributed by atoms with Crippen molar-refractivity contribution in [2.24, 2.45) is 0 Å². The van der Waals surface area contributed by atoms with Crippen LogP contribution in [0.4, 0.5) is 5.69 Å². The zero-order valence-corrected chi connectivity index (χ0v) is 12.1. The minimum absolute atomic E-state index is 0.789. The van der Waals surface area contributed by atoms with Gasteiger partial charge in [0, 0.05) is 48.0 Å². The molecular formula is C15H18ClN3. The summed E-state index contributed by atoms with van der Waals surface area (Å²) in [6, 6.07) is 6.25. The molecule has 2 heterocycles. The molecule has 0 radical (unpaired) electrons. The number of piperazine rings is 1. The van der Waals surface area contributed by atoms with E-state index in [0.717, 1.165) is 48.0 Å². The van der Waals surface area contributed by atoms with Crippen molar-refractivity contribution in [3.8, 4) is 0 Å². The maximum atomic E-state index is 6.21. The van der Waals surface area contributed by atoms with E-state index in [0.29, 0.717) is 0 Å². The molecule has 0 saturated carbocycles. The first-order valence-electron chi connectivity index (χ1n) is 6.69. The fraction of sp³-hybridized carbons (Fsp3) is 0.400. The number of aryl methyl sites for hydroxylation is 2. The van der Waals surface area contributed by atoms with Gasteiger partial charge >= 0.3 is 0 Å². The van der Waals surface area contributed by atoms with Gasteiger partial charge in [0.15, 0.2) is 0 Å². The van der Waals surface area contributed by atoms with Gasteiger partial charge in [0.05, 0.1) is 5.52 Å². The van der Waals surface area contributed by atoms with Gasteiger partial charge in [-0.25, -0.2) is 0 Å². The molecule has 19 heavy (non-hydrogen) atoms. The van der Waals surface area contributed by atoms with E-state index in [-0.39, 0.29) is 0 Å². The van der Waals surface area contributed by atoms with Gasteiger partial charge in [0.1, 0.15) is 0 Å². The normalized spacial score (nSPS) is 16.1. The molecule has 0 unspecified atom stereocenters. The number of anilines is 1. The molecule has 3 rings (SSSR count). The Morgan fingerprint density at radius 2 is 1.95 bits per heavy atom. The van der Waals surface area contributed by atoms with Crippen LogP contribution in [0.2, 0.25) is 5.02 Å². The second kappa shape index (κ2) is 4.99. The number of pyridine rings is 1. The molecule has 1 fully saturated rings. The van der Waals surface area contributed by atoms with Crippen LogP contribution in [0.5, 0.6) is 0 Å². The molecule has 1 aliphatic rings. The van der Waals surface area contributed by atoms with Crippen molar-refractivity contribution in [3.63, 3.8) is 0 Å². The van der Waals surface area contributed by atoms with Crippen LogP contribution in [0.25, 0.3) is 10.9 Å². The van der Waals surface area contributed by atoms with Gasteiger partial charge < -0.3 is 10.2 Å². The summed E-state index contributed by atoms with van der Waals surface area (Å²) in [5, 5.41) is 5.38. The first-order valence-corrected chi connectivity index (χ1v) is 7.07. The fourth-order valence-electron chi connectivity index (χ4n) is 2.68. The molecule has 0 atom stereocenters. The molecule has 3 nitrogen and oxygen atoms in total. The smallest absolute Gasteiger partial charge is 0.0769 e. The first kappa shape index (κ1) is 12.7. The van der Waals surface area contributed by atoms with E-state index in [1.54, 1.807) is 0 Å². The molecule has 0 aliphatic carbocycles. The highest BCUT2D eigenvalue weighted by molar-refractivity contribution is 6.32. The van der Waals surface area contributed by atoms with Crippen LogP contribution in [0, 0.1) is 13.8 Å². The summed E-state index contributed by atoms with van der Waals surface area (Å²) in [6.45, 7) is 8.25. The van der Waals surface area contributed by atoms with Crippen LogP contribution in [0.15, 0.2) is 18.2 Å². The van der Waals surface area contributed by atoms with Gasteiger partial charge in [-0.15, -0.1) is 0 Å². The lowest BCUT2D eigenvalue weighted by Crippen LogP contribution is -2.43. The van der Waals surface area contributed by atoms with Gasteiger partial charge in [-0.1, -0.05) is 11.6 Å². The third-order valence-electron chi connectivity index (χ3n) is 3.73. The van der Waals surface area contributed by atoms with Crippen molar-refractivity contribution >= 4 is 28.2 Å². The van der Waals surface area contributed by atoms with Gasteiger partial charge in [0.2, 0.25) is 0 Å². The number of nitrogens with one attached hydrogen (secondary N) is 1. The lowest BCUT2D eigenvalue weighted by atomic mass is 10.1. The summed E-state index contributed by atoms with van der Waals surface area (Å²) in [7, 11) is 0. The predicted molar refractivity (Wildman–Crippen MR) is 81.3 cm³/mol. The highest BCUT2D eigenvalue weighted by Crippen LogP contribution is 2.31. The number of aromatic nitrogens is 1. The maximum Gasteiger partial charge on any atom is 0.0769 e. The van der Waals surface area contributed by atoms with Crippen LogP contribution < -0.4 is 10.2 Å². The van der Waals surface area contributed by atoms with Gasteiger partial charge in [-0.3, -0.25) is 4.98 Å². The molecule has 0 bridgehead atoms. The van der Waals surface area contributed by atoms with E-state index in [1.807, 2.05) is 19.9 Å². The van der Waals surface area contributed by atoms with Gasteiger partial charge in [0.25, 0.3) is 0 Å². The monoisotopic (exact) mass is 275 g/mol. The average Bonchev–Trinajstić information content (AvgIpc) is 2.44. The van der Waals surface area contributed by atoms with E-state index < -0.39 is 0 Å². The second-order valence-corrected chi connectivity index (χ2v) is 5.50. The molecule has 4 heteroatoms. The number of hydrogen-bond donors (Lipinski definition) is 1. The Bertz CT molecular complexity index is 618. The minimum Gasteiger partial charge on any atom is -0.368 e. The van der Waals surface area contributed by atoms with Crippen molar-refractivity contribution in [3.05, 3.63) is 34.5 Å². The van der Waals surface area contributed by atoms with Crippen molar-refractivity contribution < 1.29 is 0 Å². The fourth-order valence-corrected chi connectivity index (χ4v) is 2.83. The van der Waals surface area contributed by atoms with Crippen LogP contribution in [0.3, 0.4) is 0 Å². The lowest BCUT2D eigenvalue weighted by Gasteiger charge is -2.30. The summed E-state index contributed by atoms with van der Waals surface area (Å²) >= 11 is 6.21. The maximum absolute atomic E-state index is 6.21. The molecule has 1 aromatic heterocycles. The zero-order chi connectivity index (χ0) is 13.4. The Morgan fingerprint density at radius 3 is 2.68 bits per heavy atom. The number of benzene rings is 1. The summed E-state index contributed by atoms with van der Waals surface area (Å²) in [5.74, 6) is 0. The molecule has 1 aromatic carbocycles. The molecule has 2 aromatic rings. The molecule has 1 N–H and O–H groups in total. The molecule has 1 aliphatic heterocycles. The Balaban J connectivity index is 2.20. The Kier molecular flexibility index (Phi) is 3.33. The second-order valence-electron chi connectivity index (χ2n) is 5.09. The minimum atomic E-state index is 0.789. The summed E-state index contributed by atoms with van der Waals surface area (Å²) < 4.78 is 0. The molecular weight excluding hydrogens is 258 g/mol. The van der Waals surface area contributed by atoms with Crippen LogP contribution in [0.1, 0.15) is 11.3 Å². The first-order chi connectivity index (χ1) is 9.16. The van der Waals surface area contributed by atoms with Crippen LogP contribution in [-0.2, 0) is 0 Å². The molecule has 0 spiro atoms. The highest BCUT2D eigenvalue weighted by atomic mass is 35.5. The van der Waals surface area contributed by atoms with Crippen molar-refractivity contribution in [1.29, 1.82) is 0 Å². The lowest BCUT2D eigenvalue weighted by molar-refractivity contribution is 0.590. The molecule has 1 saturated heterocycles. The van der Waals surface area contributed by atoms with E-state index in [1.165, 1.54) is 11.1 Å². The Morgan fingerprint density at radius 1 is 1.21 bits per heavy atom. The van der Waals surface area contributed by atoms with Gasteiger partial charge in [-0.2, -0.15) is 0 Å². The van der Waals surface area contributed by atoms with Crippen LogP contribution >= 0.6 is 11.6 Å². The van der Waals surface area contributed by atoms with E-state index in [4.69, 9.17) is 11.6 Å². The predicted octanol–water partition coefficient (Wildman–Crippen LogP) is 2.91. The third kappa shape index (κ3) is 2.28. The van der Waals surface area contributed by atoms with E-state index >= 15 is 0 Å². The summed E-state index contributed by atoms with van der Waals surface area (Å²) in [6.07, 6.45) is 0. The van der Waals surface area contributed by atoms with Gasteiger partial charge in [-0.05, 0) is 37.6 Å². The average molecular weight is 276 g/mol. The molecule has 100 valence electrons. The summed E-state index contributed by atoms with van der Waals surface area (Å²) in [5.41, 5.74) is 4.43. The highest BCUT2D eigenvalue weighted by Gasteiger charge is 2.15. The molecule has 0 amide bonds. The third-order valence-corrected chi connectivity index (χ3v) is 4.14. The van der Waals surface area contributed by atoms with E-state index in [2.05, 4.69) is 27.3 Å². The standard InChI is InChI=1S/C15H18ClN3/c1-10-9-14(19-7-5-17-6-8-19)12-3-4-13(16)11(2)15(12)18-10/h3-4,9,17H,5-8H2,1-2H3. The van der Waals surface area contributed by atoms with Crippen molar-refractivity contribution in [2.45, 2.75) is 13.8 Å². The summed E-state index contributed by atoms with van der Waals surface area (Å²) in [4.78, 5) is 7.10. The number of fused-ring (bicyclic) bond motifs is 1. The zero-order valence-electron chi connectivity index (χ0n) is 11.3. The van der Waals surface area contributed by atoms with Crippen molar-refractivity contribution in [2.75, 3.05) is 31.1 Å². The van der Waals surface area contributed by atoms with Crippen LogP contribution in [-0.4, -0.2) is 31.2 Å². The Hall–Kier alpha value is -1.32. The van der Waals surface area contributed by atoms with E-state index in [9.17, 15) is 0 Å². The van der Waals surface area contributed by atoms with Crippen molar-refractivity contribution in [1.82, 2.24) is 10.3 Å².